The maximum Gasteiger partial charge on any atom is 0.118 e. The van der Waals surface area contributed by atoms with Gasteiger partial charge in [0.1, 0.15) is 5.75 Å². The average molecular weight is 376 g/mol. The lowest BCUT2D eigenvalue weighted by Crippen LogP contribution is -1.95. The smallest absolute Gasteiger partial charge is 0.118 e. The molecular formula is C26H20N2O. The molecule has 0 aliphatic heterocycles. The molecule has 0 aliphatic rings. The zero-order valence-electron chi connectivity index (χ0n) is 16.1. The Morgan fingerprint density at radius 3 is 1.93 bits per heavy atom. The van der Waals surface area contributed by atoms with Gasteiger partial charge < -0.3 is 4.74 Å². The molecule has 0 saturated carbocycles. The Morgan fingerprint density at radius 2 is 1.28 bits per heavy atom. The molecule has 0 saturated heterocycles. The van der Waals surface area contributed by atoms with Crippen molar-refractivity contribution in [1.82, 2.24) is 9.61 Å². The van der Waals surface area contributed by atoms with Crippen molar-refractivity contribution in [1.29, 1.82) is 0 Å². The largest absolute Gasteiger partial charge is 0.497 e. The van der Waals surface area contributed by atoms with Crippen LogP contribution in [0.25, 0.3) is 39.2 Å². The van der Waals surface area contributed by atoms with Gasteiger partial charge in [0.05, 0.1) is 24.0 Å². The number of hydrogen-bond donors (Lipinski definition) is 0. The summed E-state index contributed by atoms with van der Waals surface area (Å²) < 4.78 is 7.31. The Labute approximate surface area is 169 Å². The normalized spacial score (nSPS) is 10.9. The van der Waals surface area contributed by atoms with Crippen LogP contribution in [0.15, 0.2) is 103 Å². The first kappa shape index (κ1) is 17.3. The van der Waals surface area contributed by atoms with Gasteiger partial charge in [0.15, 0.2) is 0 Å². The lowest BCUT2D eigenvalue weighted by molar-refractivity contribution is 0.415. The van der Waals surface area contributed by atoms with Crippen molar-refractivity contribution in [3.8, 4) is 39.4 Å². The number of rotatable bonds is 4. The summed E-state index contributed by atoms with van der Waals surface area (Å²) in [6.45, 7) is 0. The van der Waals surface area contributed by atoms with E-state index in [2.05, 4.69) is 66.7 Å². The molecule has 3 aromatic carbocycles. The summed E-state index contributed by atoms with van der Waals surface area (Å²) in [6.07, 6.45) is 0. The lowest BCUT2D eigenvalue weighted by atomic mass is 10.0. The molecule has 0 bridgehead atoms. The lowest BCUT2D eigenvalue weighted by Gasteiger charge is -2.09. The third-order valence-corrected chi connectivity index (χ3v) is 5.12. The van der Waals surface area contributed by atoms with E-state index < -0.39 is 0 Å². The zero-order valence-corrected chi connectivity index (χ0v) is 16.1. The van der Waals surface area contributed by atoms with Gasteiger partial charge in [0.25, 0.3) is 0 Å². The molecule has 0 radical (unpaired) electrons. The van der Waals surface area contributed by atoms with Crippen LogP contribution in [0.1, 0.15) is 0 Å². The van der Waals surface area contributed by atoms with Crippen molar-refractivity contribution in [3.63, 3.8) is 0 Å². The van der Waals surface area contributed by atoms with Crippen LogP contribution in [0, 0.1) is 0 Å². The fraction of sp³-hybridized carbons (Fsp3) is 0.0385. The van der Waals surface area contributed by atoms with Gasteiger partial charge in [-0.25, -0.2) is 4.52 Å². The van der Waals surface area contributed by atoms with Gasteiger partial charge in [-0.1, -0.05) is 60.7 Å². The molecule has 0 amide bonds. The fourth-order valence-corrected chi connectivity index (χ4v) is 3.62. The number of methoxy groups -OCH3 is 1. The molecule has 0 N–H and O–H groups in total. The van der Waals surface area contributed by atoms with Crippen LogP contribution in [0.5, 0.6) is 5.75 Å². The van der Waals surface area contributed by atoms with Crippen LogP contribution in [0.4, 0.5) is 0 Å². The summed E-state index contributed by atoms with van der Waals surface area (Å²) in [7, 11) is 1.68. The van der Waals surface area contributed by atoms with Crippen molar-refractivity contribution in [2.24, 2.45) is 0 Å². The second-order valence-electron chi connectivity index (χ2n) is 6.96. The van der Waals surface area contributed by atoms with Crippen LogP contribution < -0.4 is 4.74 Å². The van der Waals surface area contributed by atoms with E-state index in [-0.39, 0.29) is 0 Å². The third kappa shape index (κ3) is 3.27. The first-order valence-electron chi connectivity index (χ1n) is 9.61. The molecule has 2 heterocycles. The van der Waals surface area contributed by atoms with Crippen molar-refractivity contribution in [2.45, 2.75) is 0 Å². The van der Waals surface area contributed by atoms with E-state index >= 15 is 0 Å². The Morgan fingerprint density at radius 1 is 0.621 bits per heavy atom. The quantitative estimate of drug-likeness (QED) is 0.366. The molecule has 140 valence electrons. The van der Waals surface area contributed by atoms with E-state index in [9.17, 15) is 0 Å². The van der Waals surface area contributed by atoms with Gasteiger partial charge in [-0.05, 0) is 53.6 Å². The molecule has 5 aromatic rings. The Hall–Kier alpha value is -3.85. The van der Waals surface area contributed by atoms with Crippen LogP contribution in [-0.2, 0) is 0 Å². The first-order chi connectivity index (χ1) is 14.3. The standard InChI is InChI=1S/C26H20N2O/c1-29-24-14-12-20(13-15-24)25-18-23-16-22(19-8-4-2-5-9-19)17-26(28(23)27-25)21-10-6-3-7-11-21/h2-18H,1H3. The molecule has 0 fully saturated rings. The summed E-state index contributed by atoms with van der Waals surface area (Å²) in [5.74, 6) is 0.842. The van der Waals surface area contributed by atoms with Crippen molar-refractivity contribution in [3.05, 3.63) is 103 Å². The van der Waals surface area contributed by atoms with Gasteiger partial charge in [-0.2, -0.15) is 5.10 Å². The van der Waals surface area contributed by atoms with Crippen molar-refractivity contribution < 1.29 is 4.74 Å². The number of aromatic nitrogens is 2. The maximum atomic E-state index is 5.28. The van der Waals surface area contributed by atoms with E-state index in [1.165, 1.54) is 11.1 Å². The monoisotopic (exact) mass is 376 g/mol. The molecule has 0 atom stereocenters. The Bertz CT molecular complexity index is 1260. The van der Waals surface area contributed by atoms with E-state index in [0.717, 1.165) is 33.8 Å². The number of benzene rings is 3. The van der Waals surface area contributed by atoms with Crippen LogP contribution in [0.3, 0.4) is 0 Å². The van der Waals surface area contributed by atoms with E-state index in [1.54, 1.807) is 7.11 Å². The van der Waals surface area contributed by atoms with Crippen LogP contribution in [0.2, 0.25) is 0 Å². The van der Waals surface area contributed by atoms with E-state index in [4.69, 9.17) is 9.84 Å². The highest BCUT2D eigenvalue weighted by Gasteiger charge is 2.12. The highest BCUT2D eigenvalue weighted by atomic mass is 16.5. The van der Waals surface area contributed by atoms with Gasteiger partial charge in [-0.3, -0.25) is 0 Å². The number of nitrogens with zero attached hydrogens (tertiary/aromatic N) is 2. The fourth-order valence-electron chi connectivity index (χ4n) is 3.62. The summed E-state index contributed by atoms with van der Waals surface area (Å²) >= 11 is 0. The van der Waals surface area contributed by atoms with Crippen molar-refractivity contribution >= 4 is 5.52 Å². The third-order valence-electron chi connectivity index (χ3n) is 5.12. The topological polar surface area (TPSA) is 26.5 Å². The van der Waals surface area contributed by atoms with Gasteiger partial charge in [-0.15, -0.1) is 0 Å². The predicted molar refractivity (Wildman–Crippen MR) is 118 cm³/mol. The summed E-state index contributed by atoms with van der Waals surface area (Å²) in [4.78, 5) is 0. The summed E-state index contributed by atoms with van der Waals surface area (Å²) in [5, 5.41) is 4.93. The molecule has 5 rings (SSSR count). The minimum absolute atomic E-state index is 0.842. The number of ether oxygens (including phenoxy) is 1. The van der Waals surface area contributed by atoms with Crippen LogP contribution in [-0.4, -0.2) is 16.7 Å². The first-order valence-corrected chi connectivity index (χ1v) is 9.61. The van der Waals surface area contributed by atoms with Gasteiger partial charge >= 0.3 is 0 Å². The minimum Gasteiger partial charge on any atom is -0.497 e. The molecule has 3 nitrogen and oxygen atoms in total. The second kappa shape index (κ2) is 7.28. The Kier molecular flexibility index (Phi) is 4.34. The molecule has 0 unspecified atom stereocenters. The second-order valence-corrected chi connectivity index (χ2v) is 6.96. The number of hydrogen-bond acceptors (Lipinski definition) is 2. The van der Waals surface area contributed by atoms with Crippen LogP contribution >= 0.6 is 0 Å². The summed E-state index contributed by atoms with van der Waals surface area (Å²) in [5.41, 5.74) is 7.65. The van der Waals surface area contributed by atoms with Crippen molar-refractivity contribution in [2.75, 3.05) is 7.11 Å². The maximum absolute atomic E-state index is 5.28. The molecule has 0 aliphatic carbocycles. The minimum atomic E-state index is 0.842. The number of fused-ring (bicyclic) bond motifs is 1. The predicted octanol–water partition coefficient (Wildman–Crippen LogP) is 6.34. The highest BCUT2D eigenvalue weighted by Crippen LogP contribution is 2.31. The molecule has 3 heteroatoms. The molecule has 29 heavy (non-hydrogen) atoms. The van der Waals surface area contributed by atoms with Gasteiger partial charge in [0.2, 0.25) is 0 Å². The summed E-state index contributed by atoms with van der Waals surface area (Å²) in [6, 6.07) is 35.4. The molecule has 0 spiro atoms. The van der Waals surface area contributed by atoms with E-state index in [0.29, 0.717) is 0 Å². The molecule has 2 aromatic heterocycles. The SMILES string of the molecule is COc1ccc(-c2cc3cc(-c4ccccc4)cc(-c4ccccc4)n3n2)cc1. The number of pyridine rings is 1. The highest BCUT2D eigenvalue weighted by molar-refractivity contribution is 5.78. The Balaban J connectivity index is 1.72. The van der Waals surface area contributed by atoms with E-state index in [1.807, 2.05) is 40.9 Å². The average Bonchev–Trinajstić information content (AvgIpc) is 3.24. The van der Waals surface area contributed by atoms with Gasteiger partial charge in [0, 0.05) is 11.1 Å². The zero-order chi connectivity index (χ0) is 19.6. The molecular weight excluding hydrogens is 356 g/mol.